The number of hydrogen-bond acceptors (Lipinski definition) is 6. The van der Waals surface area contributed by atoms with E-state index < -0.39 is 0 Å². The first-order chi connectivity index (χ1) is 14.7. The lowest BCUT2D eigenvalue weighted by atomic mass is 10.1. The maximum absolute atomic E-state index is 9.94. The number of aromatic amines is 1. The number of hydrogen-bond donors (Lipinski definition) is 3. The standard InChI is InChI=1S/C23H24N4O2S/c1-3-18-5-7-22(30-18)16-10-19(15-4-6-20(28)21(11-15)29-2)27-23(12-16)25-9-8-17-13-24-14-26-17/h4-7,10-14,28H,3,8-9H2,1-2H3,(H,24,26)(H,25,27). The molecule has 7 heteroatoms. The van der Waals surface area contributed by atoms with Gasteiger partial charge < -0.3 is 20.1 Å². The third-order valence-electron chi connectivity index (χ3n) is 4.85. The van der Waals surface area contributed by atoms with Gasteiger partial charge in [-0.1, -0.05) is 6.92 Å². The van der Waals surface area contributed by atoms with Gasteiger partial charge in [-0.15, -0.1) is 11.3 Å². The highest BCUT2D eigenvalue weighted by atomic mass is 32.1. The van der Waals surface area contributed by atoms with Crippen molar-refractivity contribution < 1.29 is 9.84 Å². The molecule has 0 aliphatic rings. The zero-order chi connectivity index (χ0) is 20.9. The number of aromatic nitrogens is 3. The quantitative estimate of drug-likeness (QED) is 0.368. The molecule has 4 aromatic rings. The summed E-state index contributed by atoms with van der Waals surface area (Å²) in [4.78, 5) is 14.5. The Kier molecular flexibility index (Phi) is 5.99. The number of H-pyrrole nitrogens is 1. The molecule has 0 saturated carbocycles. The van der Waals surface area contributed by atoms with E-state index in [0.717, 1.165) is 47.7 Å². The second-order valence-electron chi connectivity index (χ2n) is 6.89. The number of ether oxygens (including phenoxy) is 1. The summed E-state index contributed by atoms with van der Waals surface area (Å²) in [6.07, 6.45) is 5.37. The SMILES string of the molecule is CCc1ccc(-c2cc(NCCc3cnc[nH]3)nc(-c3ccc(O)c(OC)c3)c2)s1. The van der Waals surface area contributed by atoms with Crippen molar-refractivity contribution >= 4 is 17.2 Å². The molecule has 0 atom stereocenters. The smallest absolute Gasteiger partial charge is 0.161 e. The van der Waals surface area contributed by atoms with Gasteiger partial charge in [-0.25, -0.2) is 9.97 Å². The monoisotopic (exact) mass is 420 g/mol. The number of phenolic OH excluding ortho intramolecular Hbond substituents is 1. The summed E-state index contributed by atoms with van der Waals surface area (Å²) in [6.45, 7) is 2.90. The second-order valence-corrected chi connectivity index (χ2v) is 8.05. The Labute approximate surface area is 179 Å². The number of aromatic hydroxyl groups is 1. The van der Waals surface area contributed by atoms with E-state index in [1.165, 1.54) is 9.75 Å². The Hall–Kier alpha value is -3.32. The summed E-state index contributed by atoms with van der Waals surface area (Å²) in [5, 5.41) is 13.4. The number of pyridine rings is 1. The van der Waals surface area contributed by atoms with E-state index >= 15 is 0 Å². The summed E-state index contributed by atoms with van der Waals surface area (Å²) in [6, 6.07) is 13.8. The van der Waals surface area contributed by atoms with E-state index in [1.54, 1.807) is 30.8 Å². The second kappa shape index (κ2) is 9.00. The minimum Gasteiger partial charge on any atom is -0.504 e. The molecule has 0 bridgehead atoms. The van der Waals surface area contributed by atoms with Crippen LogP contribution in [0.15, 0.2) is 55.0 Å². The van der Waals surface area contributed by atoms with Gasteiger partial charge in [0.15, 0.2) is 11.5 Å². The molecule has 0 amide bonds. The highest BCUT2D eigenvalue weighted by molar-refractivity contribution is 7.15. The number of rotatable bonds is 8. The number of nitrogens with zero attached hydrogens (tertiary/aromatic N) is 2. The number of nitrogens with one attached hydrogen (secondary N) is 2. The fourth-order valence-corrected chi connectivity index (χ4v) is 4.15. The van der Waals surface area contributed by atoms with Crippen molar-refractivity contribution in [2.24, 2.45) is 0 Å². The molecule has 0 aliphatic carbocycles. The number of methoxy groups -OCH3 is 1. The van der Waals surface area contributed by atoms with Gasteiger partial charge in [0.2, 0.25) is 0 Å². The molecule has 30 heavy (non-hydrogen) atoms. The van der Waals surface area contributed by atoms with Gasteiger partial charge in [0.05, 0.1) is 19.1 Å². The Balaban J connectivity index is 1.68. The van der Waals surface area contributed by atoms with Crippen LogP contribution < -0.4 is 10.1 Å². The molecule has 154 valence electrons. The average Bonchev–Trinajstić information content (AvgIpc) is 3.46. The van der Waals surface area contributed by atoms with E-state index in [0.29, 0.717) is 5.75 Å². The average molecular weight is 421 g/mol. The number of aryl methyl sites for hydroxylation is 1. The molecule has 3 aromatic heterocycles. The zero-order valence-electron chi connectivity index (χ0n) is 17.0. The van der Waals surface area contributed by atoms with Crippen LogP contribution in [0.1, 0.15) is 17.5 Å². The Morgan fingerprint density at radius 3 is 2.77 bits per heavy atom. The van der Waals surface area contributed by atoms with Crippen molar-refractivity contribution in [2.45, 2.75) is 19.8 Å². The first-order valence-corrected chi connectivity index (χ1v) is 10.7. The van der Waals surface area contributed by atoms with Gasteiger partial charge in [-0.2, -0.15) is 0 Å². The predicted octanol–water partition coefficient (Wildman–Crippen LogP) is 5.13. The summed E-state index contributed by atoms with van der Waals surface area (Å²) < 4.78 is 5.28. The lowest BCUT2D eigenvalue weighted by Gasteiger charge is -2.12. The van der Waals surface area contributed by atoms with Crippen molar-refractivity contribution in [3.8, 4) is 33.2 Å². The Morgan fingerprint density at radius 1 is 1.13 bits per heavy atom. The van der Waals surface area contributed by atoms with Gasteiger partial charge in [0.25, 0.3) is 0 Å². The highest BCUT2D eigenvalue weighted by Gasteiger charge is 2.11. The molecular weight excluding hydrogens is 396 g/mol. The maximum atomic E-state index is 9.94. The van der Waals surface area contributed by atoms with Crippen LogP contribution >= 0.6 is 11.3 Å². The van der Waals surface area contributed by atoms with Gasteiger partial charge >= 0.3 is 0 Å². The lowest BCUT2D eigenvalue weighted by molar-refractivity contribution is 0.373. The van der Waals surface area contributed by atoms with E-state index in [9.17, 15) is 5.11 Å². The van der Waals surface area contributed by atoms with E-state index in [-0.39, 0.29) is 5.75 Å². The van der Waals surface area contributed by atoms with Gasteiger partial charge in [0.1, 0.15) is 5.82 Å². The number of imidazole rings is 1. The van der Waals surface area contributed by atoms with Crippen LogP contribution in [0.4, 0.5) is 5.82 Å². The topological polar surface area (TPSA) is 83.1 Å². The predicted molar refractivity (Wildman–Crippen MR) is 121 cm³/mol. The minimum atomic E-state index is 0.112. The van der Waals surface area contributed by atoms with Crippen LogP contribution in [0.2, 0.25) is 0 Å². The van der Waals surface area contributed by atoms with Crippen LogP contribution in [-0.2, 0) is 12.8 Å². The molecular formula is C23H24N4O2S. The molecule has 0 unspecified atom stereocenters. The molecule has 0 spiro atoms. The van der Waals surface area contributed by atoms with Gasteiger partial charge in [-0.3, -0.25) is 0 Å². The van der Waals surface area contributed by atoms with Crippen LogP contribution in [0.25, 0.3) is 21.7 Å². The minimum absolute atomic E-state index is 0.112. The summed E-state index contributed by atoms with van der Waals surface area (Å²) in [5.74, 6) is 1.35. The van der Waals surface area contributed by atoms with E-state index in [1.807, 2.05) is 18.3 Å². The summed E-state index contributed by atoms with van der Waals surface area (Å²) >= 11 is 1.80. The molecule has 1 aromatic carbocycles. The zero-order valence-corrected chi connectivity index (χ0v) is 17.8. The third-order valence-corrected chi connectivity index (χ3v) is 6.13. The number of anilines is 1. The molecule has 0 radical (unpaired) electrons. The number of phenols is 1. The first kappa shape index (κ1) is 20.0. The van der Waals surface area contributed by atoms with Crippen molar-refractivity contribution in [3.05, 3.63) is 65.6 Å². The molecule has 0 saturated heterocycles. The molecule has 6 nitrogen and oxygen atoms in total. The normalized spacial score (nSPS) is 10.9. The molecule has 0 fully saturated rings. The van der Waals surface area contributed by atoms with Crippen molar-refractivity contribution in [2.75, 3.05) is 19.0 Å². The number of thiophene rings is 1. The van der Waals surface area contributed by atoms with E-state index in [4.69, 9.17) is 9.72 Å². The lowest BCUT2D eigenvalue weighted by Crippen LogP contribution is -2.07. The molecule has 3 heterocycles. The summed E-state index contributed by atoms with van der Waals surface area (Å²) in [7, 11) is 1.54. The van der Waals surface area contributed by atoms with Crippen molar-refractivity contribution in [3.63, 3.8) is 0 Å². The number of benzene rings is 1. The largest absolute Gasteiger partial charge is 0.504 e. The van der Waals surface area contributed by atoms with Gasteiger partial charge in [0, 0.05) is 40.2 Å². The molecule has 3 N–H and O–H groups in total. The molecule has 4 rings (SSSR count). The van der Waals surface area contributed by atoms with Gasteiger partial charge in [-0.05, 0) is 54.4 Å². The summed E-state index contributed by atoms with van der Waals surface area (Å²) in [5.41, 5.74) is 3.89. The van der Waals surface area contributed by atoms with E-state index in [2.05, 4.69) is 46.5 Å². The first-order valence-electron chi connectivity index (χ1n) is 9.86. The van der Waals surface area contributed by atoms with Crippen molar-refractivity contribution in [1.29, 1.82) is 0 Å². The third kappa shape index (κ3) is 4.46. The molecule has 0 aliphatic heterocycles. The van der Waals surface area contributed by atoms with Crippen LogP contribution in [0.3, 0.4) is 0 Å². The fourth-order valence-electron chi connectivity index (χ4n) is 3.22. The van der Waals surface area contributed by atoms with Crippen molar-refractivity contribution in [1.82, 2.24) is 15.0 Å². The Bertz CT molecular complexity index is 1120. The fraction of sp³-hybridized carbons (Fsp3) is 0.217. The Morgan fingerprint density at radius 2 is 2.03 bits per heavy atom. The van der Waals surface area contributed by atoms with Crippen LogP contribution in [0, 0.1) is 0 Å². The van der Waals surface area contributed by atoms with Crippen LogP contribution in [0.5, 0.6) is 11.5 Å². The highest BCUT2D eigenvalue weighted by Crippen LogP contribution is 2.35. The maximum Gasteiger partial charge on any atom is 0.161 e. The van der Waals surface area contributed by atoms with Crippen LogP contribution in [-0.4, -0.2) is 33.7 Å².